The van der Waals surface area contributed by atoms with E-state index in [0.29, 0.717) is 0 Å². The van der Waals surface area contributed by atoms with Crippen LogP contribution in [-0.4, -0.2) is 104 Å². The van der Waals surface area contributed by atoms with Crippen LogP contribution in [0, 0.1) is 26.1 Å². The molecule has 1 fully saturated rings. The lowest BCUT2D eigenvalue weighted by Crippen LogP contribution is -2.48. The summed E-state index contributed by atoms with van der Waals surface area (Å²) in [4.78, 5) is 58.2. The predicted octanol–water partition coefficient (Wildman–Crippen LogP) is -0.0423. The Morgan fingerprint density at radius 1 is 0.951 bits per heavy atom. The van der Waals surface area contributed by atoms with E-state index in [0.717, 1.165) is 18.2 Å². The summed E-state index contributed by atoms with van der Waals surface area (Å²) in [6.45, 7) is 2.63. The van der Waals surface area contributed by atoms with Crippen molar-refractivity contribution in [1.82, 2.24) is 4.90 Å². The zero-order valence-corrected chi connectivity index (χ0v) is 22.0. The highest BCUT2D eigenvalue weighted by molar-refractivity contribution is 5.86. The molecule has 2 rings (SSSR count). The van der Waals surface area contributed by atoms with Crippen LogP contribution in [0.5, 0.6) is 0 Å². The van der Waals surface area contributed by atoms with Gasteiger partial charge in [-0.25, -0.2) is 9.59 Å². The largest absolute Gasteiger partial charge is 0.463 e. The molecular formula is C24H31N3O14. The summed E-state index contributed by atoms with van der Waals surface area (Å²) >= 11 is 0. The molecule has 41 heavy (non-hydrogen) atoms. The number of nitro benzene ring substituents is 2. The van der Waals surface area contributed by atoms with Crippen LogP contribution < -0.4 is 0 Å². The number of ether oxygens (including phenoxy) is 3. The number of aliphatic hydroxyl groups is 4. The topological polar surface area (TPSA) is 249 Å². The van der Waals surface area contributed by atoms with E-state index < -0.39 is 89.4 Å². The molecule has 0 spiro atoms. The van der Waals surface area contributed by atoms with E-state index in [-0.39, 0.29) is 37.1 Å². The van der Waals surface area contributed by atoms with Crippen molar-refractivity contribution in [2.75, 3.05) is 26.3 Å². The minimum atomic E-state index is -1.95. The quantitative estimate of drug-likeness (QED) is 0.0779. The number of rotatable bonds is 13. The number of carbonyl (C=O) groups is 3. The molecule has 226 valence electrons. The molecule has 1 aliphatic heterocycles. The molecule has 1 saturated heterocycles. The van der Waals surface area contributed by atoms with Gasteiger partial charge in [0.1, 0.15) is 49.8 Å². The van der Waals surface area contributed by atoms with E-state index in [2.05, 4.69) is 11.3 Å². The van der Waals surface area contributed by atoms with E-state index in [1.165, 1.54) is 11.8 Å². The van der Waals surface area contributed by atoms with Crippen molar-refractivity contribution < 1.29 is 58.9 Å². The van der Waals surface area contributed by atoms with Crippen LogP contribution in [0.2, 0.25) is 0 Å². The molecule has 1 aromatic rings. The first-order valence-electron chi connectivity index (χ1n) is 12.3. The number of benzene rings is 1. The van der Waals surface area contributed by atoms with Gasteiger partial charge >= 0.3 is 18.0 Å². The Morgan fingerprint density at radius 2 is 1.44 bits per heavy atom. The number of hydrogen-bond acceptors (Lipinski definition) is 14. The monoisotopic (exact) mass is 585 g/mol. The van der Waals surface area contributed by atoms with Crippen molar-refractivity contribution in [3.63, 3.8) is 0 Å². The lowest BCUT2D eigenvalue weighted by Gasteiger charge is -2.30. The van der Waals surface area contributed by atoms with Crippen molar-refractivity contribution in [1.29, 1.82) is 0 Å². The van der Waals surface area contributed by atoms with Crippen LogP contribution in [-0.2, 0) is 30.4 Å². The van der Waals surface area contributed by atoms with E-state index in [4.69, 9.17) is 9.47 Å². The van der Waals surface area contributed by atoms with Crippen LogP contribution in [0.25, 0.3) is 0 Å². The van der Waals surface area contributed by atoms with Crippen molar-refractivity contribution in [3.05, 3.63) is 56.1 Å². The molecule has 4 atom stereocenters. The molecule has 0 aromatic heterocycles. The number of amides is 1. The van der Waals surface area contributed by atoms with Gasteiger partial charge in [0, 0.05) is 30.8 Å². The molecule has 1 aliphatic rings. The van der Waals surface area contributed by atoms with Crippen molar-refractivity contribution in [2.24, 2.45) is 5.92 Å². The van der Waals surface area contributed by atoms with Crippen LogP contribution >= 0.6 is 0 Å². The second-order valence-electron chi connectivity index (χ2n) is 9.23. The van der Waals surface area contributed by atoms with Crippen molar-refractivity contribution >= 4 is 29.4 Å². The van der Waals surface area contributed by atoms with Gasteiger partial charge < -0.3 is 39.5 Å². The van der Waals surface area contributed by atoms with Crippen molar-refractivity contribution in [2.45, 2.75) is 50.8 Å². The molecule has 0 radical (unpaired) electrons. The maximum atomic E-state index is 12.4. The molecule has 0 saturated carbocycles. The van der Waals surface area contributed by atoms with E-state index in [1.807, 2.05) is 0 Å². The SMILES string of the molecule is C=C(C)C(=O)OCC(O)C(O)C(O)C(O)COC(=O)C1CCN(C(=O)OCc2c([N+](=O)[O-])cccc2[N+](=O)[O-])CC1. The minimum Gasteiger partial charge on any atom is -0.463 e. The minimum absolute atomic E-state index is 0.0244. The molecule has 4 N–H and O–H groups in total. The number of likely N-dealkylation sites (tertiary alicyclic amines) is 1. The second kappa shape index (κ2) is 15.0. The molecule has 17 nitrogen and oxygen atoms in total. The van der Waals surface area contributed by atoms with Gasteiger partial charge in [0.15, 0.2) is 0 Å². The lowest BCUT2D eigenvalue weighted by molar-refractivity contribution is -0.396. The third kappa shape index (κ3) is 9.17. The van der Waals surface area contributed by atoms with Gasteiger partial charge in [-0.05, 0) is 25.8 Å². The van der Waals surface area contributed by atoms with Gasteiger partial charge in [0.2, 0.25) is 0 Å². The maximum absolute atomic E-state index is 12.4. The van der Waals surface area contributed by atoms with E-state index in [9.17, 15) is 55.0 Å². The van der Waals surface area contributed by atoms with Crippen LogP contribution in [0.4, 0.5) is 16.2 Å². The van der Waals surface area contributed by atoms with Gasteiger partial charge in [-0.2, -0.15) is 0 Å². The summed E-state index contributed by atoms with van der Waals surface area (Å²) in [6.07, 6.45) is -8.09. The first-order valence-corrected chi connectivity index (χ1v) is 12.3. The Kier molecular flexibility index (Phi) is 12.1. The van der Waals surface area contributed by atoms with E-state index >= 15 is 0 Å². The lowest BCUT2D eigenvalue weighted by atomic mass is 9.97. The smallest absolute Gasteiger partial charge is 0.410 e. The summed E-state index contributed by atoms with van der Waals surface area (Å²) in [7, 11) is 0. The maximum Gasteiger partial charge on any atom is 0.410 e. The number of nitro groups is 2. The predicted molar refractivity (Wildman–Crippen MR) is 135 cm³/mol. The summed E-state index contributed by atoms with van der Waals surface area (Å²) in [6, 6.07) is 3.24. The number of carbonyl (C=O) groups excluding carboxylic acids is 3. The highest BCUT2D eigenvalue weighted by Crippen LogP contribution is 2.29. The van der Waals surface area contributed by atoms with Crippen LogP contribution in [0.15, 0.2) is 30.4 Å². The molecule has 1 aromatic carbocycles. The molecule has 0 bridgehead atoms. The number of esters is 2. The third-order valence-electron chi connectivity index (χ3n) is 6.21. The molecule has 17 heteroatoms. The average molecular weight is 586 g/mol. The van der Waals surface area contributed by atoms with Gasteiger partial charge in [-0.1, -0.05) is 6.58 Å². The fourth-order valence-electron chi connectivity index (χ4n) is 3.80. The number of aliphatic hydroxyl groups excluding tert-OH is 4. The Hall–Kier alpha value is -4.19. The third-order valence-corrected chi connectivity index (χ3v) is 6.21. The standard InChI is InChI=1S/C24H31N3O14/c1-13(2)22(32)39-11-18(28)20(30)21(31)19(29)12-40-23(33)14-6-8-25(9-7-14)24(34)41-10-15-16(26(35)36)4-3-5-17(15)27(37)38/h3-5,14,18-21,28-31H,1,6-12H2,2H3. The second-order valence-corrected chi connectivity index (χ2v) is 9.23. The first-order chi connectivity index (χ1) is 19.2. The first kappa shape index (κ1) is 33.0. The van der Waals surface area contributed by atoms with Gasteiger partial charge in [0.25, 0.3) is 11.4 Å². The molecule has 1 heterocycles. The Balaban J connectivity index is 1.81. The van der Waals surface area contributed by atoms with Crippen molar-refractivity contribution in [3.8, 4) is 0 Å². The molecule has 1 amide bonds. The summed E-state index contributed by atoms with van der Waals surface area (Å²) < 4.78 is 14.7. The van der Waals surface area contributed by atoms with Crippen LogP contribution in [0.3, 0.4) is 0 Å². The number of piperidine rings is 1. The number of nitrogens with zero attached hydrogens (tertiary/aromatic N) is 3. The summed E-state index contributed by atoms with van der Waals surface area (Å²) in [5, 5.41) is 62.4. The average Bonchev–Trinajstić information content (AvgIpc) is 2.95. The summed E-state index contributed by atoms with van der Waals surface area (Å²) in [5.74, 6) is -2.29. The zero-order chi connectivity index (χ0) is 30.9. The fraction of sp³-hybridized carbons (Fsp3) is 0.542. The molecule has 4 unspecified atom stereocenters. The molecule has 0 aliphatic carbocycles. The summed E-state index contributed by atoms with van der Waals surface area (Å²) in [5.41, 5.74) is -1.48. The Labute approximate surface area is 232 Å². The zero-order valence-electron chi connectivity index (χ0n) is 22.0. The Morgan fingerprint density at radius 3 is 1.90 bits per heavy atom. The van der Waals surface area contributed by atoms with Gasteiger partial charge in [0.05, 0.1) is 15.8 Å². The van der Waals surface area contributed by atoms with E-state index in [1.54, 1.807) is 0 Å². The molecular weight excluding hydrogens is 554 g/mol. The van der Waals surface area contributed by atoms with Gasteiger partial charge in [-0.15, -0.1) is 0 Å². The van der Waals surface area contributed by atoms with Crippen LogP contribution in [0.1, 0.15) is 25.3 Å². The normalized spacial score (nSPS) is 16.6. The fourth-order valence-corrected chi connectivity index (χ4v) is 3.80. The highest BCUT2D eigenvalue weighted by Gasteiger charge is 2.34. The Bertz CT molecular complexity index is 1120. The van der Waals surface area contributed by atoms with Gasteiger partial charge in [-0.3, -0.25) is 25.0 Å². The number of hydrogen-bond donors (Lipinski definition) is 4. The highest BCUT2D eigenvalue weighted by atomic mass is 16.6.